The van der Waals surface area contributed by atoms with Crippen molar-refractivity contribution in [3.63, 3.8) is 0 Å². The second-order valence-electron chi connectivity index (χ2n) is 7.96. The zero-order chi connectivity index (χ0) is 19.6. The predicted molar refractivity (Wildman–Crippen MR) is 111 cm³/mol. The largest absolute Gasteiger partial charge is 0.337 e. The van der Waals surface area contributed by atoms with Crippen LogP contribution >= 0.6 is 0 Å². The number of amides is 1. The summed E-state index contributed by atoms with van der Waals surface area (Å²) in [7, 11) is -3.17. The number of fused-ring (bicyclic) bond motifs is 1. The summed E-state index contributed by atoms with van der Waals surface area (Å²) in [5.41, 5.74) is 3.59. The van der Waals surface area contributed by atoms with Gasteiger partial charge in [-0.15, -0.1) is 0 Å². The Labute approximate surface area is 167 Å². The molecule has 0 radical (unpaired) electrons. The van der Waals surface area contributed by atoms with Crippen LogP contribution in [0.25, 0.3) is 0 Å². The van der Waals surface area contributed by atoms with E-state index in [2.05, 4.69) is 24.3 Å². The Bertz CT molecular complexity index is 933. The molecule has 1 aliphatic carbocycles. The van der Waals surface area contributed by atoms with Gasteiger partial charge in [-0.2, -0.15) is 0 Å². The third-order valence-corrected chi connectivity index (χ3v) is 8.42. The fourth-order valence-corrected chi connectivity index (χ4v) is 6.41. The molecule has 0 spiro atoms. The van der Waals surface area contributed by atoms with Crippen LogP contribution in [0.5, 0.6) is 0 Å². The maximum atomic E-state index is 12.9. The van der Waals surface area contributed by atoms with Crippen LogP contribution in [0.15, 0.2) is 54.6 Å². The second-order valence-corrected chi connectivity index (χ2v) is 10.4. The van der Waals surface area contributed by atoms with E-state index in [4.69, 9.17) is 0 Å². The Morgan fingerprint density at radius 1 is 0.964 bits per heavy atom. The number of carbonyl (C=O) groups is 1. The van der Waals surface area contributed by atoms with E-state index < -0.39 is 9.84 Å². The van der Waals surface area contributed by atoms with E-state index in [1.54, 1.807) is 0 Å². The standard InChI is InChI=1S/C23H27NO3S/c25-23(14-15-28(26,27)20-11-5-6-12-20)24-16-19-10-4-7-13-21(19)22(17-24)18-8-2-1-3-9-18/h1-4,7-10,13,20,22H,5-6,11-12,14-17H2. The van der Waals surface area contributed by atoms with Crippen molar-refractivity contribution < 1.29 is 13.2 Å². The van der Waals surface area contributed by atoms with Gasteiger partial charge in [-0.3, -0.25) is 4.79 Å². The quantitative estimate of drug-likeness (QED) is 0.769. The van der Waals surface area contributed by atoms with Gasteiger partial charge in [-0.05, 0) is 29.5 Å². The Hall–Kier alpha value is -2.14. The molecule has 0 bridgehead atoms. The van der Waals surface area contributed by atoms with Crippen LogP contribution in [0.2, 0.25) is 0 Å². The van der Waals surface area contributed by atoms with Crippen LogP contribution in [0, 0.1) is 0 Å². The van der Waals surface area contributed by atoms with Crippen molar-refractivity contribution in [2.75, 3.05) is 12.3 Å². The van der Waals surface area contributed by atoms with Gasteiger partial charge in [0.25, 0.3) is 0 Å². The summed E-state index contributed by atoms with van der Waals surface area (Å²) in [5, 5.41) is -0.237. The highest BCUT2D eigenvalue weighted by atomic mass is 32.2. The molecule has 4 nitrogen and oxygen atoms in total. The summed E-state index contributed by atoms with van der Waals surface area (Å²) in [4.78, 5) is 14.7. The van der Waals surface area contributed by atoms with Crippen LogP contribution in [-0.4, -0.2) is 36.8 Å². The molecule has 1 heterocycles. The first kappa shape index (κ1) is 19.2. The number of nitrogens with zero attached hydrogens (tertiary/aromatic N) is 1. The average Bonchev–Trinajstić information content (AvgIpc) is 3.28. The highest BCUT2D eigenvalue weighted by Gasteiger charge is 2.32. The number of hydrogen-bond acceptors (Lipinski definition) is 3. The predicted octanol–water partition coefficient (Wildman–Crippen LogP) is 3.91. The van der Waals surface area contributed by atoms with Gasteiger partial charge in [0.2, 0.25) is 5.91 Å². The average molecular weight is 398 g/mol. The van der Waals surface area contributed by atoms with Crippen molar-refractivity contribution in [1.82, 2.24) is 4.90 Å². The van der Waals surface area contributed by atoms with Gasteiger partial charge in [0.05, 0.1) is 11.0 Å². The first-order chi connectivity index (χ1) is 13.5. The van der Waals surface area contributed by atoms with Crippen molar-refractivity contribution in [1.29, 1.82) is 0 Å². The third-order valence-electron chi connectivity index (χ3n) is 6.16. The molecule has 28 heavy (non-hydrogen) atoms. The van der Waals surface area contributed by atoms with Crippen molar-refractivity contribution in [3.8, 4) is 0 Å². The van der Waals surface area contributed by atoms with E-state index in [-0.39, 0.29) is 29.2 Å². The molecule has 1 saturated carbocycles. The van der Waals surface area contributed by atoms with Gasteiger partial charge in [0, 0.05) is 25.4 Å². The first-order valence-corrected chi connectivity index (χ1v) is 11.9. The lowest BCUT2D eigenvalue weighted by molar-refractivity contribution is -0.131. The summed E-state index contributed by atoms with van der Waals surface area (Å²) in [6.45, 7) is 1.16. The third kappa shape index (κ3) is 4.00. The van der Waals surface area contributed by atoms with Crippen LogP contribution in [0.1, 0.15) is 54.7 Å². The second kappa shape index (κ2) is 8.08. The molecule has 0 aromatic heterocycles. The minimum atomic E-state index is -3.17. The zero-order valence-electron chi connectivity index (χ0n) is 16.1. The van der Waals surface area contributed by atoms with Crippen LogP contribution in [-0.2, 0) is 21.2 Å². The molecule has 0 saturated heterocycles. The van der Waals surface area contributed by atoms with Crippen molar-refractivity contribution >= 4 is 15.7 Å². The van der Waals surface area contributed by atoms with Crippen molar-refractivity contribution in [2.24, 2.45) is 0 Å². The number of rotatable bonds is 5. The van der Waals surface area contributed by atoms with E-state index in [9.17, 15) is 13.2 Å². The number of benzene rings is 2. The van der Waals surface area contributed by atoms with Gasteiger partial charge in [0.15, 0.2) is 9.84 Å². The fourth-order valence-electron chi connectivity index (χ4n) is 4.57. The summed E-state index contributed by atoms with van der Waals surface area (Å²) >= 11 is 0. The molecule has 1 unspecified atom stereocenters. The lowest BCUT2D eigenvalue weighted by atomic mass is 9.84. The highest BCUT2D eigenvalue weighted by molar-refractivity contribution is 7.92. The Morgan fingerprint density at radius 2 is 1.64 bits per heavy atom. The summed E-state index contributed by atoms with van der Waals surface area (Å²) in [6.07, 6.45) is 3.56. The molecule has 5 heteroatoms. The zero-order valence-corrected chi connectivity index (χ0v) is 16.9. The minimum Gasteiger partial charge on any atom is -0.337 e. The number of carbonyl (C=O) groups excluding carboxylic acids is 1. The lowest BCUT2D eigenvalue weighted by Crippen LogP contribution is -2.39. The SMILES string of the molecule is O=C(CCS(=O)(=O)C1CCCC1)N1Cc2ccccc2C(c2ccccc2)C1. The van der Waals surface area contributed by atoms with E-state index >= 15 is 0 Å². The molecule has 1 atom stereocenters. The monoisotopic (exact) mass is 397 g/mol. The minimum absolute atomic E-state index is 0.0232. The normalized spacial score (nSPS) is 20.1. The van der Waals surface area contributed by atoms with Gasteiger partial charge < -0.3 is 4.90 Å². The van der Waals surface area contributed by atoms with E-state index in [1.165, 1.54) is 11.1 Å². The molecule has 1 aliphatic heterocycles. The van der Waals surface area contributed by atoms with Crippen molar-refractivity contribution in [2.45, 2.75) is 49.8 Å². The van der Waals surface area contributed by atoms with Crippen LogP contribution in [0.4, 0.5) is 0 Å². The molecule has 2 aromatic carbocycles. The fraction of sp³-hybridized carbons (Fsp3) is 0.435. The molecule has 148 valence electrons. The Morgan fingerprint density at radius 3 is 2.39 bits per heavy atom. The molecule has 4 rings (SSSR count). The Balaban J connectivity index is 1.50. The van der Waals surface area contributed by atoms with E-state index in [1.807, 2.05) is 35.2 Å². The maximum Gasteiger partial charge on any atom is 0.223 e. The van der Waals surface area contributed by atoms with Crippen LogP contribution in [0.3, 0.4) is 0 Å². The first-order valence-electron chi connectivity index (χ1n) is 10.2. The number of sulfone groups is 1. The highest BCUT2D eigenvalue weighted by Crippen LogP contribution is 2.34. The van der Waals surface area contributed by atoms with Gasteiger partial charge in [-0.1, -0.05) is 67.4 Å². The smallest absolute Gasteiger partial charge is 0.223 e. The van der Waals surface area contributed by atoms with Crippen molar-refractivity contribution in [3.05, 3.63) is 71.3 Å². The van der Waals surface area contributed by atoms with E-state index in [0.717, 1.165) is 31.2 Å². The molecular weight excluding hydrogens is 370 g/mol. The van der Waals surface area contributed by atoms with E-state index in [0.29, 0.717) is 13.1 Å². The topological polar surface area (TPSA) is 54.5 Å². The molecule has 0 N–H and O–H groups in total. The van der Waals surface area contributed by atoms with Gasteiger partial charge in [0.1, 0.15) is 0 Å². The van der Waals surface area contributed by atoms with Crippen LogP contribution < -0.4 is 0 Å². The summed E-state index contributed by atoms with van der Waals surface area (Å²) < 4.78 is 25.1. The molecule has 2 aromatic rings. The molecular formula is C23H27NO3S. The molecule has 1 amide bonds. The number of hydrogen-bond donors (Lipinski definition) is 0. The maximum absolute atomic E-state index is 12.9. The van der Waals surface area contributed by atoms with Gasteiger partial charge >= 0.3 is 0 Å². The lowest BCUT2D eigenvalue weighted by Gasteiger charge is -2.35. The molecule has 2 aliphatic rings. The summed E-state index contributed by atoms with van der Waals surface area (Å²) in [5.74, 6) is 0.0449. The van der Waals surface area contributed by atoms with Gasteiger partial charge in [-0.25, -0.2) is 8.42 Å². The molecule has 1 fully saturated rings. The summed E-state index contributed by atoms with van der Waals surface area (Å²) in [6, 6.07) is 18.5. The Kier molecular flexibility index (Phi) is 5.54.